The van der Waals surface area contributed by atoms with Gasteiger partial charge in [0.15, 0.2) is 0 Å². The van der Waals surface area contributed by atoms with Gasteiger partial charge in [0.05, 0.1) is 12.7 Å². The topological polar surface area (TPSA) is 70.6 Å². The Balaban J connectivity index is 2.03. The molecule has 0 radical (unpaired) electrons. The Bertz CT molecular complexity index is 169. The van der Waals surface area contributed by atoms with Gasteiger partial charge in [0.25, 0.3) is 0 Å². The van der Waals surface area contributed by atoms with Crippen molar-refractivity contribution >= 4 is 6.03 Å². The molecule has 0 aromatic carbocycles. The zero-order chi connectivity index (χ0) is 10.2. The third kappa shape index (κ3) is 4.43. The molecule has 0 spiro atoms. The molecule has 0 saturated carbocycles. The fraction of sp³-hybridized carbons (Fsp3) is 0.889. The predicted molar refractivity (Wildman–Crippen MR) is 52.1 cm³/mol. The van der Waals surface area contributed by atoms with Crippen LogP contribution in [-0.2, 0) is 4.74 Å². The highest BCUT2D eigenvalue weighted by Gasteiger charge is 2.14. The molecule has 1 rings (SSSR count). The van der Waals surface area contributed by atoms with Crippen molar-refractivity contribution < 1.29 is 14.6 Å². The predicted octanol–water partition coefficient (Wildman–Crippen LogP) is -0.153. The van der Waals surface area contributed by atoms with Gasteiger partial charge in [-0.25, -0.2) is 4.79 Å². The van der Waals surface area contributed by atoms with Crippen molar-refractivity contribution in [3.05, 3.63) is 0 Å². The number of hydrogen-bond acceptors (Lipinski definition) is 3. The molecule has 1 fully saturated rings. The molecule has 0 aromatic rings. The van der Waals surface area contributed by atoms with Crippen LogP contribution >= 0.6 is 0 Å². The summed E-state index contributed by atoms with van der Waals surface area (Å²) in [6.07, 6.45) is 3.46. The zero-order valence-corrected chi connectivity index (χ0v) is 8.29. The van der Waals surface area contributed by atoms with Crippen LogP contribution in [-0.4, -0.2) is 43.5 Å². The minimum atomic E-state index is -0.242. The average molecular weight is 202 g/mol. The lowest BCUT2D eigenvalue weighted by molar-refractivity contribution is 0.0184. The van der Waals surface area contributed by atoms with Crippen molar-refractivity contribution in [3.8, 4) is 0 Å². The van der Waals surface area contributed by atoms with Gasteiger partial charge in [-0.15, -0.1) is 0 Å². The second kappa shape index (κ2) is 6.62. The first-order valence-corrected chi connectivity index (χ1v) is 5.07. The van der Waals surface area contributed by atoms with Gasteiger partial charge >= 0.3 is 6.03 Å². The van der Waals surface area contributed by atoms with Crippen LogP contribution in [0.3, 0.4) is 0 Å². The normalized spacial score (nSPS) is 21.6. The van der Waals surface area contributed by atoms with E-state index in [1.54, 1.807) is 0 Å². The van der Waals surface area contributed by atoms with Crippen LogP contribution in [0.2, 0.25) is 0 Å². The van der Waals surface area contributed by atoms with Gasteiger partial charge in [0.2, 0.25) is 0 Å². The Hall–Kier alpha value is -0.810. The maximum atomic E-state index is 11.1. The molecule has 1 heterocycles. The molecule has 1 atom stereocenters. The van der Waals surface area contributed by atoms with E-state index in [0.29, 0.717) is 6.54 Å². The summed E-state index contributed by atoms with van der Waals surface area (Å²) in [7, 11) is 0. The van der Waals surface area contributed by atoms with Gasteiger partial charge in [0, 0.05) is 19.7 Å². The number of ether oxygens (including phenoxy) is 1. The largest absolute Gasteiger partial charge is 0.395 e. The van der Waals surface area contributed by atoms with Crippen LogP contribution in [0.25, 0.3) is 0 Å². The molecule has 0 bridgehead atoms. The van der Waals surface area contributed by atoms with Gasteiger partial charge < -0.3 is 20.5 Å². The van der Waals surface area contributed by atoms with Crippen LogP contribution in [0, 0.1) is 0 Å². The Morgan fingerprint density at radius 2 is 2.29 bits per heavy atom. The van der Waals surface area contributed by atoms with E-state index < -0.39 is 0 Å². The first-order valence-electron chi connectivity index (χ1n) is 5.07. The molecule has 1 aliphatic rings. The molecule has 5 heteroatoms. The van der Waals surface area contributed by atoms with Crippen molar-refractivity contribution in [3.63, 3.8) is 0 Å². The molecule has 1 unspecified atom stereocenters. The Morgan fingerprint density at radius 3 is 2.93 bits per heavy atom. The van der Waals surface area contributed by atoms with E-state index in [-0.39, 0.29) is 25.3 Å². The highest BCUT2D eigenvalue weighted by atomic mass is 16.5. The summed E-state index contributed by atoms with van der Waals surface area (Å²) < 4.78 is 5.44. The molecule has 82 valence electrons. The monoisotopic (exact) mass is 202 g/mol. The Morgan fingerprint density at radius 1 is 1.43 bits per heavy atom. The third-order valence-corrected chi connectivity index (χ3v) is 2.16. The second-order valence-electron chi connectivity index (χ2n) is 3.35. The number of nitrogens with one attached hydrogen (secondary N) is 2. The fourth-order valence-electron chi connectivity index (χ4n) is 1.41. The smallest absolute Gasteiger partial charge is 0.314 e. The summed E-state index contributed by atoms with van der Waals surface area (Å²) in [5, 5.41) is 13.7. The maximum Gasteiger partial charge on any atom is 0.314 e. The van der Waals surface area contributed by atoms with Crippen molar-refractivity contribution in [2.45, 2.75) is 25.4 Å². The quantitative estimate of drug-likeness (QED) is 0.593. The fourth-order valence-corrected chi connectivity index (χ4v) is 1.41. The first kappa shape index (κ1) is 11.3. The van der Waals surface area contributed by atoms with Crippen LogP contribution in [0.5, 0.6) is 0 Å². The van der Waals surface area contributed by atoms with Gasteiger partial charge in [-0.05, 0) is 19.3 Å². The highest BCUT2D eigenvalue weighted by Crippen LogP contribution is 2.11. The summed E-state index contributed by atoms with van der Waals surface area (Å²) in [5.41, 5.74) is 0. The third-order valence-electron chi connectivity index (χ3n) is 2.16. The van der Waals surface area contributed by atoms with Crippen molar-refractivity contribution in [2.75, 3.05) is 26.3 Å². The lowest BCUT2D eigenvalue weighted by atomic mass is 10.1. The number of amides is 2. The van der Waals surface area contributed by atoms with E-state index >= 15 is 0 Å². The van der Waals surface area contributed by atoms with E-state index in [1.165, 1.54) is 6.42 Å². The van der Waals surface area contributed by atoms with E-state index in [1.807, 2.05) is 0 Å². The minimum Gasteiger partial charge on any atom is -0.395 e. The number of aliphatic hydroxyl groups excluding tert-OH is 1. The molecule has 2 amide bonds. The van der Waals surface area contributed by atoms with Crippen LogP contribution in [0.15, 0.2) is 0 Å². The van der Waals surface area contributed by atoms with Crippen LogP contribution in [0.4, 0.5) is 4.79 Å². The SMILES string of the molecule is O=C(NCCO)NCC1CCCCO1. The van der Waals surface area contributed by atoms with E-state index in [4.69, 9.17) is 9.84 Å². The van der Waals surface area contributed by atoms with Gasteiger partial charge in [-0.3, -0.25) is 0 Å². The average Bonchev–Trinajstić information content (AvgIpc) is 2.25. The number of urea groups is 1. The Kier molecular flexibility index (Phi) is 5.32. The van der Waals surface area contributed by atoms with Gasteiger partial charge in [0.1, 0.15) is 0 Å². The summed E-state index contributed by atoms with van der Waals surface area (Å²) in [6, 6.07) is -0.242. The number of hydrogen-bond donors (Lipinski definition) is 3. The number of carbonyl (C=O) groups is 1. The summed E-state index contributed by atoms with van der Waals surface area (Å²) in [5.74, 6) is 0. The second-order valence-corrected chi connectivity index (χ2v) is 3.35. The van der Waals surface area contributed by atoms with Gasteiger partial charge in [-0.2, -0.15) is 0 Å². The lowest BCUT2D eigenvalue weighted by Crippen LogP contribution is -2.42. The lowest BCUT2D eigenvalue weighted by Gasteiger charge is -2.22. The minimum absolute atomic E-state index is 0.0344. The van der Waals surface area contributed by atoms with E-state index in [9.17, 15) is 4.79 Å². The zero-order valence-electron chi connectivity index (χ0n) is 8.29. The van der Waals surface area contributed by atoms with Crippen molar-refractivity contribution in [1.29, 1.82) is 0 Å². The summed E-state index contributed by atoms with van der Waals surface area (Å²) in [4.78, 5) is 11.1. The highest BCUT2D eigenvalue weighted by molar-refractivity contribution is 5.73. The molecular weight excluding hydrogens is 184 g/mol. The molecule has 1 aliphatic heterocycles. The van der Waals surface area contributed by atoms with Gasteiger partial charge in [-0.1, -0.05) is 0 Å². The molecule has 0 aromatic heterocycles. The summed E-state index contributed by atoms with van der Waals surface area (Å²) >= 11 is 0. The Labute approximate surface area is 83.8 Å². The molecule has 3 N–H and O–H groups in total. The summed E-state index contributed by atoms with van der Waals surface area (Å²) in [6.45, 7) is 1.60. The van der Waals surface area contributed by atoms with Crippen LogP contribution in [0.1, 0.15) is 19.3 Å². The van der Waals surface area contributed by atoms with Crippen LogP contribution < -0.4 is 10.6 Å². The van der Waals surface area contributed by atoms with E-state index in [2.05, 4.69) is 10.6 Å². The standard InChI is InChI=1S/C9H18N2O3/c12-5-4-10-9(13)11-7-8-3-1-2-6-14-8/h8,12H,1-7H2,(H2,10,11,13). The number of carbonyl (C=O) groups excluding carboxylic acids is 1. The molecule has 1 saturated heterocycles. The number of rotatable bonds is 4. The molecule has 0 aliphatic carbocycles. The van der Waals surface area contributed by atoms with Crippen molar-refractivity contribution in [1.82, 2.24) is 10.6 Å². The number of aliphatic hydroxyl groups is 1. The molecule has 5 nitrogen and oxygen atoms in total. The van der Waals surface area contributed by atoms with Crippen molar-refractivity contribution in [2.24, 2.45) is 0 Å². The maximum absolute atomic E-state index is 11.1. The molecule has 14 heavy (non-hydrogen) atoms. The van der Waals surface area contributed by atoms with E-state index in [0.717, 1.165) is 19.4 Å². The molecular formula is C9H18N2O3. The first-order chi connectivity index (χ1) is 6.83.